The summed E-state index contributed by atoms with van der Waals surface area (Å²) in [5.41, 5.74) is 5.89. The highest BCUT2D eigenvalue weighted by molar-refractivity contribution is 5.30. The molecule has 0 bridgehead atoms. The van der Waals surface area contributed by atoms with Crippen LogP contribution in [0.4, 0.5) is 0 Å². The van der Waals surface area contributed by atoms with Crippen molar-refractivity contribution >= 4 is 0 Å². The van der Waals surface area contributed by atoms with Crippen LogP contribution in [0.3, 0.4) is 0 Å². The second-order valence-electron chi connectivity index (χ2n) is 8.06. The molecule has 1 aromatic carbocycles. The van der Waals surface area contributed by atoms with Gasteiger partial charge in [0.05, 0.1) is 18.1 Å². The first-order valence-corrected chi connectivity index (χ1v) is 10.1. The second kappa shape index (κ2) is 7.06. The van der Waals surface area contributed by atoms with Gasteiger partial charge in [0.15, 0.2) is 0 Å². The predicted octanol–water partition coefficient (Wildman–Crippen LogP) is 3.43. The minimum atomic E-state index is -0.0326. The summed E-state index contributed by atoms with van der Waals surface area (Å²) in [6, 6.07) is 10.5. The summed E-state index contributed by atoms with van der Waals surface area (Å²) >= 11 is 0. The van der Waals surface area contributed by atoms with E-state index in [1.807, 2.05) is 6.07 Å². The van der Waals surface area contributed by atoms with E-state index in [-0.39, 0.29) is 5.56 Å². The highest BCUT2D eigenvalue weighted by Crippen LogP contribution is 2.32. The zero-order valence-electron chi connectivity index (χ0n) is 16.2. The van der Waals surface area contributed by atoms with Gasteiger partial charge in [-0.25, -0.2) is 0 Å². The Kier molecular flexibility index (Phi) is 4.40. The summed E-state index contributed by atoms with van der Waals surface area (Å²) in [5, 5.41) is 0. The number of rotatable bonds is 4. The highest BCUT2D eigenvalue weighted by Gasteiger charge is 2.31. The fourth-order valence-electron chi connectivity index (χ4n) is 4.72. The number of hydrogen-bond acceptors (Lipinski definition) is 4. The minimum absolute atomic E-state index is 0.0326. The molecule has 1 unspecified atom stereocenters. The molecular weight excluding hydrogens is 350 g/mol. The van der Waals surface area contributed by atoms with Gasteiger partial charge in [0.25, 0.3) is 5.56 Å². The smallest absolute Gasteiger partial charge is 0.277 e. The van der Waals surface area contributed by atoms with Crippen molar-refractivity contribution in [3.05, 3.63) is 87.0 Å². The lowest BCUT2D eigenvalue weighted by Crippen LogP contribution is -2.37. The lowest BCUT2D eigenvalue weighted by molar-refractivity contribution is 0.238. The maximum absolute atomic E-state index is 12.9. The molecule has 0 N–H and O–H groups in total. The number of aromatic nitrogens is 2. The van der Waals surface area contributed by atoms with Crippen LogP contribution in [-0.4, -0.2) is 21.0 Å². The van der Waals surface area contributed by atoms with E-state index in [1.54, 1.807) is 12.5 Å². The van der Waals surface area contributed by atoms with E-state index >= 15 is 0 Å². The van der Waals surface area contributed by atoms with Crippen molar-refractivity contribution in [1.29, 1.82) is 0 Å². The van der Waals surface area contributed by atoms with Crippen LogP contribution in [-0.2, 0) is 32.5 Å². The first kappa shape index (κ1) is 17.4. The molecule has 2 aliphatic rings. The van der Waals surface area contributed by atoms with Crippen LogP contribution >= 0.6 is 0 Å². The molecule has 5 nitrogen and oxygen atoms in total. The number of furan rings is 1. The Labute approximate surface area is 164 Å². The van der Waals surface area contributed by atoms with Crippen LogP contribution in [0.5, 0.6) is 0 Å². The quantitative estimate of drug-likeness (QED) is 0.701. The summed E-state index contributed by atoms with van der Waals surface area (Å²) in [6.07, 6.45) is 6.42. The highest BCUT2D eigenvalue weighted by atomic mass is 16.3. The van der Waals surface area contributed by atoms with Gasteiger partial charge >= 0.3 is 0 Å². The van der Waals surface area contributed by atoms with Gasteiger partial charge in [0.1, 0.15) is 5.82 Å². The van der Waals surface area contributed by atoms with Gasteiger partial charge < -0.3 is 8.98 Å². The van der Waals surface area contributed by atoms with Crippen LogP contribution < -0.4 is 5.56 Å². The topological polar surface area (TPSA) is 51.3 Å². The first-order chi connectivity index (χ1) is 13.7. The molecule has 5 rings (SSSR count). The monoisotopic (exact) mass is 375 g/mol. The Morgan fingerprint density at radius 2 is 2.11 bits per heavy atom. The molecule has 3 aromatic rings. The van der Waals surface area contributed by atoms with Crippen LogP contribution in [0.2, 0.25) is 0 Å². The molecule has 0 saturated carbocycles. The zero-order chi connectivity index (χ0) is 19.1. The molecule has 144 valence electrons. The molecule has 2 aliphatic heterocycles. The molecule has 5 heteroatoms. The average molecular weight is 375 g/mol. The van der Waals surface area contributed by atoms with Gasteiger partial charge in [-0.2, -0.15) is 4.98 Å². The van der Waals surface area contributed by atoms with Crippen molar-refractivity contribution in [3.8, 4) is 0 Å². The van der Waals surface area contributed by atoms with Crippen LogP contribution in [0.25, 0.3) is 0 Å². The van der Waals surface area contributed by atoms with Crippen LogP contribution in [0, 0.1) is 6.92 Å². The van der Waals surface area contributed by atoms with E-state index in [1.165, 1.54) is 16.8 Å². The Morgan fingerprint density at radius 1 is 1.21 bits per heavy atom. The van der Waals surface area contributed by atoms with Gasteiger partial charge in [0.2, 0.25) is 0 Å². The molecule has 0 aliphatic carbocycles. The molecule has 4 heterocycles. The fourth-order valence-corrected chi connectivity index (χ4v) is 4.72. The predicted molar refractivity (Wildman–Crippen MR) is 107 cm³/mol. The lowest BCUT2D eigenvalue weighted by atomic mass is 9.94. The third-order valence-electron chi connectivity index (χ3n) is 6.25. The van der Waals surface area contributed by atoms with Gasteiger partial charge in [-0.3, -0.25) is 9.69 Å². The normalized spacial score (nSPS) is 18.8. The maximum atomic E-state index is 12.9. The molecule has 2 aromatic heterocycles. The van der Waals surface area contributed by atoms with E-state index in [4.69, 9.17) is 4.42 Å². The third kappa shape index (κ3) is 3.10. The summed E-state index contributed by atoms with van der Waals surface area (Å²) in [5.74, 6) is 1.33. The van der Waals surface area contributed by atoms with Gasteiger partial charge in [0, 0.05) is 49.8 Å². The van der Waals surface area contributed by atoms with Crippen molar-refractivity contribution < 1.29 is 4.42 Å². The molecule has 28 heavy (non-hydrogen) atoms. The number of nitrogens with zero attached hydrogens (tertiary/aromatic N) is 3. The van der Waals surface area contributed by atoms with Gasteiger partial charge in [-0.05, 0) is 37.0 Å². The Balaban J connectivity index is 1.41. The molecule has 0 spiro atoms. The van der Waals surface area contributed by atoms with Gasteiger partial charge in [-0.15, -0.1) is 0 Å². The van der Waals surface area contributed by atoms with Crippen molar-refractivity contribution in [1.82, 2.24) is 14.5 Å². The molecule has 1 atom stereocenters. The van der Waals surface area contributed by atoms with Crippen molar-refractivity contribution in [2.45, 2.75) is 51.7 Å². The summed E-state index contributed by atoms with van der Waals surface area (Å²) < 4.78 is 7.52. The molecular formula is C23H25N3O2. The molecule has 0 saturated heterocycles. The van der Waals surface area contributed by atoms with Crippen LogP contribution in [0.1, 0.15) is 46.1 Å². The van der Waals surface area contributed by atoms with Gasteiger partial charge in [-0.1, -0.05) is 24.3 Å². The summed E-state index contributed by atoms with van der Waals surface area (Å²) in [7, 11) is 0. The average Bonchev–Trinajstić information content (AvgIpc) is 3.34. The zero-order valence-corrected chi connectivity index (χ0v) is 16.2. The molecule has 0 fully saturated rings. The third-order valence-corrected chi connectivity index (χ3v) is 6.25. The largest absolute Gasteiger partial charge is 0.472 e. The minimum Gasteiger partial charge on any atom is -0.472 e. The van der Waals surface area contributed by atoms with E-state index in [9.17, 15) is 4.79 Å². The molecule has 0 radical (unpaired) electrons. The fraction of sp³-hybridized carbons (Fsp3) is 0.391. The Hall–Kier alpha value is -2.66. The van der Waals surface area contributed by atoms with Crippen molar-refractivity contribution in [2.24, 2.45) is 0 Å². The first-order valence-electron chi connectivity index (χ1n) is 10.1. The summed E-state index contributed by atoms with van der Waals surface area (Å²) in [6.45, 7) is 5.58. The number of benzene rings is 1. The SMILES string of the molecule is Cc1ccccc1CC1CCn2c1nc(=O)c1c2CCN(Cc2ccoc2)C1. The molecule has 0 amide bonds. The Bertz CT molecular complexity index is 1050. The number of hydrogen-bond donors (Lipinski definition) is 0. The van der Waals surface area contributed by atoms with Crippen molar-refractivity contribution in [2.75, 3.05) is 6.54 Å². The van der Waals surface area contributed by atoms with Crippen LogP contribution in [0.15, 0.2) is 52.1 Å². The Morgan fingerprint density at radius 3 is 2.93 bits per heavy atom. The number of fused-ring (bicyclic) bond motifs is 3. The van der Waals surface area contributed by atoms with E-state index in [0.29, 0.717) is 12.5 Å². The maximum Gasteiger partial charge on any atom is 0.277 e. The number of aryl methyl sites for hydroxylation is 1. The van der Waals surface area contributed by atoms with E-state index in [2.05, 4.69) is 45.6 Å². The van der Waals surface area contributed by atoms with E-state index < -0.39 is 0 Å². The lowest BCUT2D eigenvalue weighted by Gasteiger charge is -2.29. The summed E-state index contributed by atoms with van der Waals surface area (Å²) in [4.78, 5) is 19.7. The van der Waals surface area contributed by atoms with E-state index in [0.717, 1.165) is 55.8 Å². The second-order valence-corrected chi connectivity index (χ2v) is 8.06. The standard InChI is InChI=1S/C23H25N3O2/c1-16-4-2-3-5-18(16)12-19-6-10-26-21-7-9-25(13-17-8-11-28-15-17)14-20(21)23(27)24-22(19)26/h2-5,8,11,15,19H,6-7,9-10,12-14H2,1H3. The van der Waals surface area contributed by atoms with Crippen molar-refractivity contribution in [3.63, 3.8) is 0 Å².